The molecule has 1 unspecified atom stereocenters. The van der Waals surface area contributed by atoms with E-state index in [0.29, 0.717) is 15.7 Å². The molecule has 3 nitrogen and oxygen atoms in total. The van der Waals surface area contributed by atoms with Crippen LogP contribution in [-0.4, -0.2) is 21.1 Å². The van der Waals surface area contributed by atoms with Crippen LogP contribution in [0.3, 0.4) is 0 Å². The molecule has 98 valence electrons. The molecule has 18 heavy (non-hydrogen) atoms. The monoisotopic (exact) mass is 331 g/mol. The second-order valence-corrected chi connectivity index (χ2v) is 6.34. The molecule has 0 aliphatic heterocycles. The minimum absolute atomic E-state index is 0.290. The molecule has 0 saturated carbocycles. The number of hydrogen-bond acceptors (Lipinski definition) is 3. The van der Waals surface area contributed by atoms with Crippen LogP contribution >= 0.6 is 27.7 Å². The number of anilines is 1. The predicted molar refractivity (Wildman–Crippen MR) is 79.4 cm³/mol. The number of imidazole rings is 1. The summed E-state index contributed by atoms with van der Waals surface area (Å²) in [5, 5.41) is 0.544. The lowest BCUT2D eigenvalue weighted by Gasteiger charge is -2.10. The molecule has 0 bridgehead atoms. The van der Waals surface area contributed by atoms with Crippen LogP contribution in [0.25, 0.3) is 11.0 Å². The number of rotatable bonds is 4. The molecule has 0 spiro atoms. The molecule has 1 atom stereocenters. The van der Waals surface area contributed by atoms with Gasteiger partial charge in [-0.3, -0.25) is 0 Å². The summed E-state index contributed by atoms with van der Waals surface area (Å²) in [6.07, 6.45) is 3.06. The quantitative estimate of drug-likeness (QED) is 0.929. The summed E-state index contributed by atoms with van der Waals surface area (Å²) in [6, 6.07) is 3.14. The Morgan fingerprint density at radius 1 is 1.56 bits per heavy atom. The summed E-state index contributed by atoms with van der Waals surface area (Å²) >= 11 is 4.96. The lowest BCUT2D eigenvalue weighted by Crippen LogP contribution is -2.07. The van der Waals surface area contributed by atoms with Crippen LogP contribution in [0.15, 0.2) is 16.6 Å². The maximum atomic E-state index is 13.6. The second-order valence-electron chi connectivity index (χ2n) is 4.21. The SMILES string of the molecule is CSC(C)CCn1c(N)nc2cc(Br)c(F)cc21. The highest BCUT2D eigenvalue weighted by Gasteiger charge is 2.12. The lowest BCUT2D eigenvalue weighted by molar-refractivity contribution is 0.619. The van der Waals surface area contributed by atoms with E-state index in [1.165, 1.54) is 6.07 Å². The highest BCUT2D eigenvalue weighted by Crippen LogP contribution is 2.25. The first-order chi connectivity index (χ1) is 8.52. The fourth-order valence-electron chi connectivity index (χ4n) is 1.80. The lowest BCUT2D eigenvalue weighted by atomic mass is 10.3. The van der Waals surface area contributed by atoms with Gasteiger partial charge in [0.1, 0.15) is 5.82 Å². The maximum Gasteiger partial charge on any atom is 0.201 e. The van der Waals surface area contributed by atoms with Crippen LogP contribution in [0.4, 0.5) is 10.3 Å². The Morgan fingerprint density at radius 2 is 2.28 bits per heavy atom. The molecule has 0 aliphatic carbocycles. The first kappa shape index (κ1) is 13.7. The average molecular weight is 332 g/mol. The van der Waals surface area contributed by atoms with Crippen molar-refractivity contribution in [3.8, 4) is 0 Å². The molecular weight excluding hydrogens is 317 g/mol. The zero-order valence-corrected chi connectivity index (χ0v) is 12.7. The standard InChI is InChI=1S/C12H15BrFN3S/c1-7(18-2)3-4-17-11-6-9(14)8(13)5-10(11)16-12(17)15/h5-7H,3-4H2,1-2H3,(H2,15,16). The van der Waals surface area contributed by atoms with Crippen molar-refractivity contribution < 1.29 is 4.39 Å². The van der Waals surface area contributed by atoms with Gasteiger partial charge in [-0.05, 0) is 34.7 Å². The molecule has 2 N–H and O–H groups in total. The van der Waals surface area contributed by atoms with E-state index in [0.717, 1.165) is 24.0 Å². The molecule has 1 aromatic carbocycles. The Morgan fingerprint density at radius 3 is 2.94 bits per heavy atom. The fourth-order valence-corrected chi connectivity index (χ4v) is 2.47. The molecule has 1 aromatic heterocycles. The number of hydrogen-bond donors (Lipinski definition) is 1. The summed E-state index contributed by atoms with van der Waals surface area (Å²) in [5.41, 5.74) is 7.36. The Balaban J connectivity index is 2.37. The Hall–Kier alpha value is -0.750. The van der Waals surface area contributed by atoms with Gasteiger partial charge in [0, 0.05) is 17.9 Å². The number of nitrogens with two attached hydrogens (primary N) is 1. The van der Waals surface area contributed by atoms with E-state index >= 15 is 0 Å². The van der Waals surface area contributed by atoms with Crippen molar-refractivity contribution >= 4 is 44.7 Å². The number of nitrogens with zero attached hydrogens (tertiary/aromatic N) is 2. The zero-order valence-electron chi connectivity index (χ0n) is 10.3. The number of nitrogen functional groups attached to an aromatic ring is 1. The van der Waals surface area contributed by atoms with Crippen molar-refractivity contribution in [3.05, 3.63) is 22.4 Å². The smallest absolute Gasteiger partial charge is 0.201 e. The third kappa shape index (κ3) is 2.64. The molecule has 2 aromatic rings. The van der Waals surface area contributed by atoms with Crippen molar-refractivity contribution in [2.75, 3.05) is 12.0 Å². The third-order valence-corrected chi connectivity index (χ3v) is 4.63. The first-order valence-electron chi connectivity index (χ1n) is 5.66. The van der Waals surface area contributed by atoms with Gasteiger partial charge in [0.05, 0.1) is 15.5 Å². The van der Waals surface area contributed by atoms with E-state index in [1.54, 1.807) is 6.07 Å². The zero-order chi connectivity index (χ0) is 13.3. The van der Waals surface area contributed by atoms with E-state index in [4.69, 9.17) is 5.73 Å². The van der Waals surface area contributed by atoms with Crippen LogP contribution in [0.1, 0.15) is 13.3 Å². The van der Waals surface area contributed by atoms with Gasteiger partial charge in [0.15, 0.2) is 0 Å². The molecule has 6 heteroatoms. The van der Waals surface area contributed by atoms with Crippen LogP contribution in [0, 0.1) is 5.82 Å². The molecule has 0 aliphatic rings. The van der Waals surface area contributed by atoms with Crippen LogP contribution in [-0.2, 0) is 6.54 Å². The third-order valence-electron chi connectivity index (χ3n) is 2.98. The van der Waals surface area contributed by atoms with Crippen LogP contribution in [0.2, 0.25) is 0 Å². The Kier molecular flexibility index (Phi) is 4.17. The van der Waals surface area contributed by atoms with Crippen molar-refractivity contribution in [1.82, 2.24) is 9.55 Å². The largest absolute Gasteiger partial charge is 0.369 e. The summed E-state index contributed by atoms with van der Waals surface area (Å²) in [7, 11) is 0. The van der Waals surface area contributed by atoms with Crippen LogP contribution < -0.4 is 5.73 Å². The van der Waals surface area contributed by atoms with E-state index in [1.807, 2.05) is 16.3 Å². The second kappa shape index (κ2) is 5.48. The van der Waals surface area contributed by atoms with Crippen molar-refractivity contribution in [3.63, 3.8) is 0 Å². The highest BCUT2D eigenvalue weighted by molar-refractivity contribution is 9.10. The summed E-state index contributed by atoms with van der Waals surface area (Å²) in [5.74, 6) is 0.150. The minimum Gasteiger partial charge on any atom is -0.369 e. The molecule has 2 rings (SSSR count). The summed E-state index contributed by atoms with van der Waals surface area (Å²) in [4.78, 5) is 4.26. The van der Waals surface area contributed by atoms with Gasteiger partial charge >= 0.3 is 0 Å². The molecule has 1 heterocycles. The fraction of sp³-hybridized carbons (Fsp3) is 0.417. The normalized spacial score (nSPS) is 13.1. The first-order valence-corrected chi connectivity index (χ1v) is 7.74. The number of aromatic nitrogens is 2. The van der Waals surface area contributed by atoms with Crippen molar-refractivity contribution in [1.29, 1.82) is 0 Å². The number of halogens is 2. The van der Waals surface area contributed by atoms with Crippen LogP contribution in [0.5, 0.6) is 0 Å². The topological polar surface area (TPSA) is 43.8 Å². The molecule has 0 radical (unpaired) electrons. The van der Waals surface area contributed by atoms with Gasteiger partial charge in [-0.25, -0.2) is 9.37 Å². The van der Waals surface area contributed by atoms with Gasteiger partial charge in [-0.2, -0.15) is 11.8 Å². The van der Waals surface area contributed by atoms with Gasteiger partial charge in [-0.1, -0.05) is 6.92 Å². The van der Waals surface area contributed by atoms with Gasteiger partial charge in [0.2, 0.25) is 5.95 Å². The van der Waals surface area contributed by atoms with Crippen molar-refractivity contribution in [2.24, 2.45) is 0 Å². The molecule has 0 amide bonds. The van der Waals surface area contributed by atoms with E-state index in [9.17, 15) is 4.39 Å². The predicted octanol–water partition coefficient (Wildman–Crippen LogP) is 3.66. The molecule has 0 fully saturated rings. The van der Waals surface area contributed by atoms with Gasteiger partial charge < -0.3 is 10.3 Å². The Bertz CT molecular complexity index is 570. The average Bonchev–Trinajstić information content (AvgIpc) is 2.62. The van der Waals surface area contributed by atoms with Crippen molar-refractivity contribution in [2.45, 2.75) is 25.1 Å². The summed E-state index contributed by atoms with van der Waals surface area (Å²) in [6.45, 7) is 2.92. The minimum atomic E-state index is -0.290. The van der Waals surface area contributed by atoms with E-state index < -0.39 is 0 Å². The molecular formula is C12H15BrFN3S. The van der Waals surface area contributed by atoms with E-state index in [2.05, 4.69) is 34.1 Å². The number of fused-ring (bicyclic) bond motifs is 1. The molecule has 0 saturated heterocycles. The number of aryl methyl sites for hydroxylation is 1. The van der Waals surface area contributed by atoms with E-state index in [-0.39, 0.29) is 5.82 Å². The summed E-state index contributed by atoms with van der Waals surface area (Å²) < 4.78 is 15.9. The highest BCUT2D eigenvalue weighted by atomic mass is 79.9. The maximum absolute atomic E-state index is 13.6. The Labute approximate surface area is 118 Å². The van der Waals surface area contributed by atoms with Gasteiger partial charge in [0.25, 0.3) is 0 Å². The number of thioether (sulfide) groups is 1. The van der Waals surface area contributed by atoms with Gasteiger partial charge in [-0.15, -0.1) is 0 Å². The number of benzene rings is 1.